The zero-order chi connectivity index (χ0) is 13.9. The molecule has 4 nitrogen and oxygen atoms in total. The van der Waals surface area contributed by atoms with E-state index in [1.807, 2.05) is 6.07 Å². The summed E-state index contributed by atoms with van der Waals surface area (Å²) in [6, 6.07) is 10.4. The van der Waals surface area contributed by atoms with Gasteiger partial charge in [0.15, 0.2) is 0 Å². The Morgan fingerprint density at radius 3 is 2.58 bits per heavy atom. The Balaban J connectivity index is 1.99. The van der Waals surface area contributed by atoms with Crippen LogP contribution in [-0.4, -0.2) is 42.7 Å². The van der Waals surface area contributed by atoms with Gasteiger partial charge in [-0.3, -0.25) is 4.79 Å². The van der Waals surface area contributed by atoms with E-state index in [4.69, 9.17) is 5.11 Å². The first-order valence-electron chi connectivity index (χ1n) is 6.83. The molecule has 0 aromatic heterocycles. The van der Waals surface area contributed by atoms with E-state index in [2.05, 4.69) is 41.5 Å². The summed E-state index contributed by atoms with van der Waals surface area (Å²) in [6.45, 7) is 3.74. The van der Waals surface area contributed by atoms with E-state index < -0.39 is 5.97 Å². The molecule has 0 bridgehead atoms. The number of nitrogens with zero attached hydrogens (tertiary/aromatic N) is 1. The Morgan fingerprint density at radius 1 is 1.21 bits per heavy atom. The number of rotatable bonds is 10. The minimum absolute atomic E-state index is 0.251. The molecule has 0 saturated heterocycles. The van der Waals surface area contributed by atoms with Gasteiger partial charge in [0, 0.05) is 13.0 Å². The van der Waals surface area contributed by atoms with Crippen molar-refractivity contribution in [3.63, 3.8) is 0 Å². The van der Waals surface area contributed by atoms with Crippen LogP contribution in [0.1, 0.15) is 24.8 Å². The number of aliphatic carboxylic acids is 1. The fourth-order valence-corrected chi connectivity index (χ4v) is 1.94. The van der Waals surface area contributed by atoms with Crippen LogP contribution < -0.4 is 5.32 Å². The summed E-state index contributed by atoms with van der Waals surface area (Å²) in [5.74, 6) is -0.718. The molecule has 0 aliphatic heterocycles. The SMILES string of the molecule is CN(CCCNCCCC(=O)O)Cc1ccccc1. The second-order valence-corrected chi connectivity index (χ2v) is 4.82. The van der Waals surface area contributed by atoms with Crippen molar-refractivity contribution in [3.8, 4) is 0 Å². The molecule has 0 unspecified atom stereocenters. The minimum Gasteiger partial charge on any atom is -0.481 e. The molecule has 0 fully saturated rings. The molecule has 1 rings (SSSR count). The predicted octanol–water partition coefficient (Wildman–Crippen LogP) is 1.96. The van der Waals surface area contributed by atoms with Crippen molar-refractivity contribution in [2.24, 2.45) is 0 Å². The van der Waals surface area contributed by atoms with Gasteiger partial charge in [0.25, 0.3) is 0 Å². The Bertz CT molecular complexity index is 354. The molecule has 0 saturated carbocycles. The predicted molar refractivity (Wildman–Crippen MR) is 77.1 cm³/mol. The maximum atomic E-state index is 10.3. The van der Waals surface area contributed by atoms with Crippen molar-refractivity contribution in [1.82, 2.24) is 10.2 Å². The lowest BCUT2D eigenvalue weighted by Crippen LogP contribution is -2.24. The molecule has 2 N–H and O–H groups in total. The standard InChI is InChI=1S/C15H24N2O2/c1-17(13-14-7-3-2-4-8-14)12-6-11-16-10-5-9-15(18)19/h2-4,7-8,16H,5-6,9-13H2,1H3,(H,18,19). The van der Waals surface area contributed by atoms with Gasteiger partial charge in [-0.15, -0.1) is 0 Å². The molecule has 19 heavy (non-hydrogen) atoms. The van der Waals surface area contributed by atoms with Gasteiger partial charge in [-0.25, -0.2) is 0 Å². The first kappa shape index (κ1) is 15.7. The summed E-state index contributed by atoms with van der Waals surface area (Å²) < 4.78 is 0. The number of carboxylic acid groups (broad SMARTS) is 1. The molecule has 4 heteroatoms. The molecule has 1 aromatic rings. The average molecular weight is 264 g/mol. The van der Waals surface area contributed by atoms with Gasteiger partial charge in [0.1, 0.15) is 0 Å². The molecule has 0 amide bonds. The normalized spacial score (nSPS) is 10.8. The van der Waals surface area contributed by atoms with Gasteiger partial charge in [0.05, 0.1) is 0 Å². The molecular weight excluding hydrogens is 240 g/mol. The third-order valence-corrected chi connectivity index (χ3v) is 2.93. The lowest BCUT2D eigenvalue weighted by molar-refractivity contribution is -0.137. The maximum Gasteiger partial charge on any atom is 0.303 e. The number of nitrogens with one attached hydrogen (secondary N) is 1. The van der Waals surface area contributed by atoms with Crippen molar-refractivity contribution in [1.29, 1.82) is 0 Å². The second kappa shape index (κ2) is 9.53. The van der Waals surface area contributed by atoms with E-state index in [1.54, 1.807) is 0 Å². The lowest BCUT2D eigenvalue weighted by atomic mass is 10.2. The highest BCUT2D eigenvalue weighted by Gasteiger charge is 2.00. The summed E-state index contributed by atoms with van der Waals surface area (Å²) in [5.41, 5.74) is 1.33. The molecule has 0 aliphatic carbocycles. The maximum absolute atomic E-state index is 10.3. The van der Waals surface area contributed by atoms with E-state index in [9.17, 15) is 4.79 Å². The minimum atomic E-state index is -0.718. The summed E-state index contributed by atoms with van der Waals surface area (Å²) >= 11 is 0. The number of carboxylic acids is 1. The number of hydrogen-bond acceptors (Lipinski definition) is 3. The van der Waals surface area contributed by atoms with Gasteiger partial charge in [0.2, 0.25) is 0 Å². The summed E-state index contributed by atoms with van der Waals surface area (Å²) in [6.07, 6.45) is 2.03. The molecule has 0 radical (unpaired) electrons. The number of benzene rings is 1. The Kier molecular flexibility index (Phi) is 7.86. The van der Waals surface area contributed by atoms with Crippen molar-refractivity contribution in [2.45, 2.75) is 25.8 Å². The van der Waals surface area contributed by atoms with Crippen molar-refractivity contribution < 1.29 is 9.90 Å². The van der Waals surface area contributed by atoms with Crippen LogP contribution in [0.4, 0.5) is 0 Å². The van der Waals surface area contributed by atoms with E-state index in [0.717, 1.165) is 32.6 Å². The van der Waals surface area contributed by atoms with Gasteiger partial charge >= 0.3 is 5.97 Å². The number of carbonyl (C=O) groups is 1. The largest absolute Gasteiger partial charge is 0.481 e. The first-order chi connectivity index (χ1) is 9.18. The smallest absolute Gasteiger partial charge is 0.303 e. The van der Waals surface area contributed by atoms with Crippen LogP contribution >= 0.6 is 0 Å². The number of hydrogen-bond donors (Lipinski definition) is 2. The fraction of sp³-hybridized carbons (Fsp3) is 0.533. The molecule has 0 heterocycles. The van der Waals surface area contributed by atoms with E-state index >= 15 is 0 Å². The molecule has 0 atom stereocenters. The van der Waals surface area contributed by atoms with Gasteiger partial charge < -0.3 is 15.3 Å². The summed E-state index contributed by atoms with van der Waals surface area (Å²) in [5, 5.41) is 11.8. The van der Waals surface area contributed by atoms with Crippen molar-refractivity contribution in [2.75, 3.05) is 26.7 Å². The highest BCUT2D eigenvalue weighted by Crippen LogP contribution is 2.02. The zero-order valence-electron chi connectivity index (χ0n) is 11.6. The molecule has 106 valence electrons. The van der Waals surface area contributed by atoms with Crippen LogP contribution in [-0.2, 0) is 11.3 Å². The van der Waals surface area contributed by atoms with E-state index in [0.29, 0.717) is 6.42 Å². The van der Waals surface area contributed by atoms with Crippen LogP contribution in [0.5, 0.6) is 0 Å². The zero-order valence-corrected chi connectivity index (χ0v) is 11.6. The monoisotopic (exact) mass is 264 g/mol. The molecule has 0 spiro atoms. The van der Waals surface area contributed by atoms with Crippen LogP contribution in [0.25, 0.3) is 0 Å². The third-order valence-electron chi connectivity index (χ3n) is 2.93. The average Bonchev–Trinajstić information content (AvgIpc) is 2.38. The summed E-state index contributed by atoms with van der Waals surface area (Å²) in [4.78, 5) is 12.6. The van der Waals surface area contributed by atoms with Crippen molar-refractivity contribution in [3.05, 3.63) is 35.9 Å². The Morgan fingerprint density at radius 2 is 1.89 bits per heavy atom. The van der Waals surface area contributed by atoms with Crippen LogP contribution in [0.15, 0.2) is 30.3 Å². The topological polar surface area (TPSA) is 52.6 Å². The van der Waals surface area contributed by atoms with Crippen LogP contribution in [0.2, 0.25) is 0 Å². The highest BCUT2D eigenvalue weighted by atomic mass is 16.4. The molecule has 1 aromatic carbocycles. The fourth-order valence-electron chi connectivity index (χ4n) is 1.94. The second-order valence-electron chi connectivity index (χ2n) is 4.82. The van der Waals surface area contributed by atoms with Gasteiger partial charge in [-0.2, -0.15) is 0 Å². The van der Waals surface area contributed by atoms with E-state index in [1.165, 1.54) is 5.56 Å². The molecule has 0 aliphatic rings. The third kappa shape index (κ3) is 8.35. The van der Waals surface area contributed by atoms with E-state index in [-0.39, 0.29) is 6.42 Å². The Hall–Kier alpha value is -1.39. The lowest BCUT2D eigenvalue weighted by Gasteiger charge is -2.16. The van der Waals surface area contributed by atoms with Crippen LogP contribution in [0, 0.1) is 0 Å². The van der Waals surface area contributed by atoms with Gasteiger partial charge in [-0.05, 0) is 45.1 Å². The quantitative estimate of drug-likeness (QED) is 0.634. The van der Waals surface area contributed by atoms with Crippen LogP contribution in [0.3, 0.4) is 0 Å². The summed E-state index contributed by atoms with van der Waals surface area (Å²) in [7, 11) is 2.12. The first-order valence-corrected chi connectivity index (χ1v) is 6.83. The Labute approximate surface area is 115 Å². The molecular formula is C15H24N2O2. The van der Waals surface area contributed by atoms with Crippen molar-refractivity contribution >= 4 is 5.97 Å². The van der Waals surface area contributed by atoms with Gasteiger partial charge in [-0.1, -0.05) is 30.3 Å². The highest BCUT2D eigenvalue weighted by molar-refractivity contribution is 5.66.